The van der Waals surface area contributed by atoms with Gasteiger partial charge in [-0.05, 0) is 60.5 Å². The highest BCUT2D eigenvalue weighted by atomic mass is 19.1. The van der Waals surface area contributed by atoms with Crippen molar-refractivity contribution in [2.75, 3.05) is 13.7 Å². The van der Waals surface area contributed by atoms with Crippen LogP contribution >= 0.6 is 0 Å². The molecule has 0 amide bonds. The number of rotatable bonds is 9. The molecule has 0 unspecified atom stereocenters. The van der Waals surface area contributed by atoms with Gasteiger partial charge in [0, 0.05) is 30.4 Å². The van der Waals surface area contributed by atoms with Crippen LogP contribution in [-0.2, 0) is 29.0 Å². The summed E-state index contributed by atoms with van der Waals surface area (Å²) in [6.07, 6.45) is 2.10. The zero-order chi connectivity index (χ0) is 30.8. The third-order valence-corrected chi connectivity index (χ3v) is 7.36. The van der Waals surface area contributed by atoms with Gasteiger partial charge in [-0.15, -0.1) is 0 Å². The Hall–Kier alpha value is -5.28. The lowest BCUT2D eigenvalue weighted by Crippen LogP contribution is -2.31. The fourth-order valence-electron chi connectivity index (χ4n) is 4.91. The van der Waals surface area contributed by atoms with Crippen molar-refractivity contribution in [1.29, 1.82) is 5.26 Å². The first kappa shape index (κ1) is 28.8. The van der Waals surface area contributed by atoms with E-state index in [-0.39, 0.29) is 53.1 Å². The quantitative estimate of drug-likeness (QED) is 0.204. The van der Waals surface area contributed by atoms with E-state index in [1.165, 1.54) is 31.5 Å². The van der Waals surface area contributed by atoms with Crippen LogP contribution in [0, 0.1) is 28.8 Å². The average Bonchev–Trinajstić information content (AvgIpc) is 3.35. The van der Waals surface area contributed by atoms with Crippen molar-refractivity contribution < 1.29 is 32.2 Å². The summed E-state index contributed by atoms with van der Waals surface area (Å²) >= 11 is 0. The maximum absolute atomic E-state index is 15.5. The summed E-state index contributed by atoms with van der Waals surface area (Å²) in [7, 11) is 1.30. The Labute approximate surface area is 249 Å². The lowest BCUT2D eigenvalue weighted by molar-refractivity contribution is -0.0589. The molecule has 0 radical (unpaired) electrons. The Morgan fingerprint density at radius 3 is 2.59 bits per heavy atom. The van der Waals surface area contributed by atoms with Gasteiger partial charge in [-0.25, -0.2) is 27.9 Å². The molecule has 1 saturated heterocycles. The number of esters is 1. The molecule has 1 atom stereocenters. The van der Waals surface area contributed by atoms with Gasteiger partial charge in [-0.3, -0.25) is 0 Å². The number of fused-ring (bicyclic) bond motifs is 1. The summed E-state index contributed by atoms with van der Waals surface area (Å²) in [5, 5.41) is 8.90. The van der Waals surface area contributed by atoms with Gasteiger partial charge in [0.05, 0.1) is 53.7 Å². The first-order valence-electron chi connectivity index (χ1n) is 13.6. The summed E-state index contributed by atoms with van der Waals surface area (Å²) in [4.78, 5) is 24.9. The number of hydrogen-bond donors (Lipinski definition) is 0. The van der Waals surface area contributed by atoms with Crippen molar-refractivity contribution in [3.05, 3.63) is 106 Å². The molecule has 0 aliphatic carbocycles. The molecular formula is C32H24F3N5O4. The summed E-state index contributed by atoms with van der Waals surface area (Å²) in [6.45, 7) is 0.850. The number of aromatic nitrogens is 4. The summed E-state index contributed by atoms with van der Waals surface area (Å²) in [6, 6.07) is 14.2. The molecular weight excluding hydrogens is 575 g/mol. The van der Waals surface area contributed by atoms with E-state index < -0.39 is 23.4 Å². The van der Waals surface area contributed by atoms with Crippen molar-refractivity contribution >= 4 is 17.0 Å². The number of imidazole rings is 1. The van der Waals surface area contributed by atoms with Crippen LogP contribution in [0.15, 0.2) is 60.8 Å². The topological polar surface area (TPSA) is 112 Å². The molecule has 6 rings (SSSR count). The SMILES string of the molecule is COC(=O)c1ccc2nc(Cc3cc(F)c(-c4ccnc(OCc5ccc(C#N)cc5F)n4)cc3F)n(C[C@@H]3CCO3)c2c1. The van der Waals surface area contributed by atoms with E-state index in [2.05, 4.69) is 15.0 Å². The minimum absolute atomic E-state index is 0.0215. The zero-order valence-electron chi connectivity index (χ0n) is 23.4. The van der Waals surface area contributed by atoms with Crippen molar-refractivity contribution in [3.63, 3.8) is 0 Å². The highest BCUT2D eigenvalue weighted by Crippen LogP contribution is 2.29. The van der Waals surface area contributed by atoms with Gasteiger partial charge in [0.25, 0.3) is 0 Å². The van der Waals surface area contributed by atoms with Gasteiger partial charge >= 0.3 is 12.0 Å². The molecule has 1 fully saturated rings. The molecule has 3 aromatic carbocycles. The van der Waals surface area contributed by atoms with Crippen molar-refractivity contribution in [2.45, 2.75) is 32.1 Å². The molecule has 9 nitrogen and oxygen atoms in total. The van der Waals surface area contributed by atoms with Crippen LogP contribution in [0.5, 0.6) is 6.01 Å². The fraction of sp³-hybridized carbons (Fsp3) is 0.219. The number of halogens is 3. The number of nitrogens with zero attached hydrogens (tertiary/aromatic N) is 5. The third-order valence-electron chi connectivity index (χ3n) is 7.36. The third kappa shape index (κ3) is 5.82. The molecule has 5 aromatic rings. The maximum atomic E-state index is 15.5. The van der Waals surface area contributed by atoms with E-state index in [1.807, 2.05) is 10.6 Å². The molecule has 1 aliphatic rings. The average molecular weight is 600 g/mol. The molecule has 0 saturated carbocycles. The number of nitriles is 1. The Morgan fingerprint density at radius 1 is 1.05 bits per heavy atom. The number of ether oxygens (including phenoxy) is 3. The largest absolute Gasteiger partial charge is 0.465 e. The Bertz CT molecular complexity index is 1930. The summed E-state index contributed by atoms with van der Waals surface area (Å²) < 4.78 is 62.9. The number of methoxy groups -OCH3 is 1. The van der Waals surface area contributed by atoms with Crippen molar-refractivity contribution in [3.8, 4) is 23.3 Å². The normalized spacial score (nSPS) is 14.2. The monoisotopic (exact) mass is 599 g/mol. The first-order chi connectivity index (χ1) is 21.3. The number of carbonyl (C=O) groups excluding carboxylic acids is 1. The van der Waals surface area contributed by atoms with Crippen LogP contribution in [0.1, 0.15) is 39.3 Å². The Morgan fingerprint density at radius 2 is 1.86 bits per heavy atom. The van der Waals surface area contributed by atoms with Crippen LogP contribution in [0.2, 0.25) is 0 Å². The molecule has 12 heteroatoms. The van der Waals surface area contributed by atoms with Gasteiger partial charge in [-0.1, -0.05) is 6.07 Å². The van der Waals surface area contributed by atoms with Gasteiger partial charge in [-0.2, -0.15) is 10.2 Å². The van der Waals surface area contributed by atoms with Crippen molar-refractivity contribution in [2.24, 2.45) is 0 Å². The van der Waals surface area contributed by atoms with Gasteiger partial charge in [0.15, 0.2) is 0 Å². The van der Waals surface area contributed by atoms with E-state index in [9.17, 15) is 9.18 Å². The maximum Gasteiger partial charge on any atom is 0.337 e. The lowest BCUT2D eigenvalue weighted by atomic mass is 10.0. The number of hydrogen-bond acceptors (Lipinski definition) is 8. The molecule has 0 N–H and O–H groups in total. The standard InChI is InChI=1S/C32H24F3N5O4/c1-42-31(41)19-4-5-28-29(12-19)40(16-22-7-9-43-22)30(38-28)13-21-11-26(35)23(14-25(21)34)27-6-8-37-32(39-27)44-17-20-3-2-18(15-36)10-24(20)33/h2-6,8,10-12,14,22H,7,9,13,16-17H2,1H3/t22-/m0/s1. The van der Waals surface area contributed by atoms with E-state index in [1.54, 1.807) is 18.2 Å². The van der Waals surface area contributed by atoms with E-state index >= 15 is 8.78 Å². The van der Waals surface area contributed by atoms with Crippen LogP contribution in [-0.4, -0.2) is 45.3 Å². The summed E-state index contributed by atoms with van der Waals surface area (Å²) in [5.74, 6) is -2.03. The Kier molecular flexibility index (Phi) is 7.95. The summed E-state index contributed by atoms with van der Waals surface area (Å²) in [5.41, 5.74) is 1.99. The molecule has 3 heterocycles. The zero-order valence-corrected chi connectivity index (χ0v) is 23.4. The second kappa shape index (κ2) is 12.1. The molecule has 44 heavy (non-hydrogen) atoms. The smallest absolute Gasteiger partial charge is 0.337 e. The molecule has 222 valence electrons. The number of benzene rings is 3. The molecule has 1 aliphatic heterocycles. The Balaban J connectivity index is 1.26. The highest BCUT2D eigenvalue weighted by molar-refractivity contribution is 5.93. The number of carbonyl (C=O) groups is 1. The second-order valence-electron chi connectivity index (χ2n) is 10.1. The van der Waals surface area contributed by atoms with Gasteiger partial charge in [0.2, 0.25) is 0 Å². The minimum Gasteiger partial charge on any atom is -0.465 e. The van der Waals surface area contributed by atoms with Crippen LogP contribution in [0.25, 0.3) is 22.3 Å². The van der Waals surface area contributed by atoms with Gasteiger partial charge < -0.3 is 18.8 Å². The highest BCUT2D eigenvalue weighted by Gasteiger charge is 2.24. The molecule has 0 spiro atoms. The van der Waals surface area contributed by atoms with Crippen LogP contribution < -0.4 is 4.74 Å². The fourth-order valence-corrected chi connectivity index (χ4v) is 4.91. The first-order valence-corrected chi connectivity index (χ1v) is 13.6. The minimum atomic E-state index is -0.720. The van der Waals surface area contributed by atoms with Crippen LogP contribution in [0.4, 0.5) is 13.2 Å². The predicted octanol–water partition coefficient (Wildman–Crippen LogP) is 5.53. The second-order valence-corrected chi connectivity index (χ2v) is 10.1. The predicted molar refractivity (Wildman–Crippen MR) is 151 cm³/mol. The van der Waals surface area contributed by atoms with E-state index in [0.29, 0.717) is 35.6 Å². The molecule has 2 aromatic heterocycles. The molecule has 0 bridgehead atoms. The van der Waals surface area contributed by atoms with E-state index in [0.717, 1.165) is 24.6 Å². The van der Waals surface area contributed by atoms with E-state index in [4.69, 9.17) is 19.5 Å². The lowest BCUT2D eigenvalue weighted by Gasteiger charge is -2.27. The van der Waals surface area contributed by atoms with Crippen molar-refractivity contribution in [1.82, 2.24) is 19.5 Å². The van der Waals surface area contributed by atoms with Crippen LogP contribution in [0.3, 0.4) is 0 Å². The van der Waals surface area contributed by atoms with Gasteiger partial charge in [0.1, 0.15) is 29.9 Å².